The molecule has 0 amide bonds. The molecule has 0 atom stereocenters. The van der Waals surface area contributed by atoms with Crippen molar-refractivity contribution in [1.29, 1.82) is 0 Å². The fraction of sp³-hybridized carbons (Fsp3) is 0.545. The number of aliphatic hydroxyl groups excluding tert-OH is 1. The molecule has 4 heteroatoms. The van der Waals surface area contributed by atoms with Gasteiger partial charge in [-0.05, 0) is 48.3 Å². The van der Waals surface area contributed by atoms with Gasteiger partial charge in [-0.3, -0.25) is 0 Å². The Bertz CT molecular complexity index is 315. The second-order valence-electron chi connectivity index (χ2n) is 4.16. The minimum atomic E-state index is -0.0568. The summed E-state index contributed by atoms with van der Waals surface area (Å²) in [6.45, 7) is 5.06. The predicted octanol–water partition coefficient (Wildman–Crippen LogP) is 2.09. The Morgan fingerprint density at radius 3 is 2.80 bits per heavy atom. The van der Waals surface area contributed by atoms with Gasteiger partial charge in [0.2, 0.25) is 0 Å². The van der Waals surface area contributed by atoms with E-state index in [4.69, 9.17) is 5.11 Å². The Morgan fingerprint density at radius 1 is 1.47 bits per heavy atom. The van der Waals surface area contributed by atoms with Crippen molar-refractivity contribution in [2.45, 2.75) is 32.4 Å². The van der Waals surface area contributed by atoms with Gasteiger partial charge in [-0.2, -0.15) is 0 Å². The third-order valence-corrected chi connectivity index (χ3v) is 2.70. The summed E-state index contributed by atoms with van der Waals surface area (Å²) < 4.78 is 0.849. The topological polar surface area (TPSA) is 45.1 Å². The third kappa shape index (κ3) is 4.73. The first kappa shape index (κ1) is 12.6. The maximum Gasteiger partial charge on any atom is 0.106 e. The highest BCUT2D eigenvalue weighted by Gasteiger charge is 2.15. The first-order valence-electron chi connectivity index (χ1n) is 5.01. The molecule has 84 valence electrons. The monoisotopic (exact) mass is 272 g/mol. The summed E-state index contributed by atoms with van der Waals surface area (Å²) in [4.78, 5) is 4.33. The van der Waals surface area contributed by atoms with Gasteiger partial charge in [-0.1, -0.05) is 6.07 Å². The van der Waals surface area contributed by atoms with Crippen LogP contribution in [-0.4, -0.2) is 22.2 Å². The Labute approximate surface area is 99.1 Å². The normalized spacial score (nSPS) is 11.7. The Balaban J connectivity index is 2.49. The van der Waals surface area contributed by atoms with Crippen molar-refractivity contribution in [3.05, 3.63) is 28.5 Å². The van der Waals surface area contributed by atoms with Crippen LogP contribution < -0.4 is 5.32 Å². The number of pyridine rings is 1. The van der Waals surface area contributed by atoms with Crippen LogP contribution in [0.15, 0.2) is 22.8 Å². The minimum Gasteiger partial charge on any atom is -0.396 e. The molecule has 0 bridgehead atoms. The molecule has 1 rings (SSSR count). The van der Waals surface area contributed by atoms with E-state index in [0.29, 0.717) is 6.54 Å². The Kier molecular flexibility index (Phi) is 4.70. The zero-order valence-electron chi connectivity index (χ0n) is 9.13. The number of nitrogens with zero attached hydrogens (tertiary/aromatic N) is 1. The molecule has 1 aromatic heterocycles. The van der Waals surface area contributed by atoms with E-state index < -0.39 is 0 Å². The van der Waals surface area contributed by atoms with Crippen LogP contribution >= 0.6 is 15.9 Å². The first-order valence-corrected chi connectivity index (χ1v) is 5.80. The predicted molar refractivity (Wildman–Crippen MR) is 64.6 cm³/mol. The van der Waals surface area contributed by atoms with Crippen molar-refractivity contribution in [3.8, 4) is 0 Å². The molecule has 0 aliphatic heterocycles. The SMILES string of the molecule is CC(C)(CCO)NCc1cccc(Br)n1. The van der Waals surface area contributed by atoms with E-state index in [1.165, 1.54) is 0 Å². The number of rotatable bonds is 5. The van der Waals surface area contributed by atoms with E-state index in [0.717, 1.165) is 16.7 Å². The summed E-state index contributed by atoms with van der Waals surface area (Å²) in [7, 11) is 0. The lowest BCUT2D eigenvalue weighted by atomic mass is 10.0. The first-order chi connectivity index (χ1) is 7.03. The van der Waals surface area contributed by atoms with Gasteiger partial charge in [-0.25, -0.2) is 4.98 Å². The molecule has 0 saturated heterocycles. The molecule has 0 unspecified atom stereocenters. The van der Waals surface area contributed by atoms with Crippen LogP contribution in [0.2, 0.25) is 0 Å². The third-order valence-electron chi connectivity index (χ3n) is 2.26. The van der Waals surface area contributed by atoms with Gasteiger partial charge in [-0.15, -0.1) is 0 Å². The van der Waals surface area contributed by atoms with E-state index >= 15 is 0 Å². The van der Waals surface area contributed by atoms with Gasteiger partial charge < -0.3 is 10.4 Å². The molecule has 0 saturated carbocycles. The molecule has 15 heavy (non-hydrogen) atoms. The summed E-state index contributed by atoms with van der Waals surface area (Å²) in [5.74, 6) is 0. The van der Waals surface area contributed by atoms with Crippen molar-refractivity contribution in [2.75, 3.05) is 6.61 Å². The molecule has 3 nitrogen and oxygen atoms in total. The van der Waals surface area contributed by atoms with Crippen LogP contribution in [-0.2, 0) is 6.54 Å². The van der Waals surface area contributed by atoms with Crippen LogP contribution in [0.25, 0.3) is 0 Å². The lowest BCUT2D eigenvalue weighted by molar-refractivity contribution is 0.229. The van der Waals surface area contributed by atoms with Gasteiger partial charge >= 0.3 is 0 Å². The molecular formula is C11H17BrN2O. The smallest absolute Gasteiger partial charge is 0.106 e. The number of hydrogen-bond acceptors (Lipinski definition) is 3. The van der Waals surface area contributed by atoms with Crippen molar-refractivity contribution in [3.63, 3.8) is 0 Å². The number of aromatic nitrogens is 1. The summed E-state index contributed by atoms with van der Waals surface area (Å²) in [6, 6.07) is 5.85. The second-order valence-corrected chi connectivity index (χ2v) is 4.98. The maximum atomic E-state index is 8.88. The maximum absolute atomic E-state index is 8.88. The van der Waals surface area contributed by atoms with E-state index in [1.54, 1.807) is 0 Å². The van der Waals surface area contributed by atoms with Gasteiger partial charge in [0, 0.05) is 18.7 Å². The number of aliphatic hydroxyl groups is 1. The average molecular weight is 273 g/mol. The number of hydrogen-bond donors (Lipinski definition) is 2. The van der Waals surface area contributed by atoms with Crippen molar-refractivity contribution in [1.82, 2.24) is 10.3 Å². The van der Waals surface area contributed by atoms with Crippen molar-refractivity contribution < 1.29 is 5.11 Å². The molecule has 0 radical (unpaired) electrons. The Morgan fingerprint density at radius 2 is 2.20 bits per heavy atom. The zero-order chi connectivity index (χ0) is 11.3. The zero-order valence-corrected chi connectivity index (χ0v) is 10.7. The van der Waals surface area contributed by atoms with Gasteiger partial charge in [0.15, 0.2) is 0 Å². The van der Waals surface area contributed by atoms with E-state index in [9.17, 15) is 0 Å². The molecule has 1 heterocycles. The molecule has 0 spiro atoms. The molecule has 2 N–H and O–H groups in total. The molecular weight excluding hydrogens is 256 g/mol. The van der Waals surface area contributed by atoms with E-state index in [1.807, 2.05) is 18.2 Å². The lowest BCUT2D eigenvalue weighted by Gasteiger charge is -2.25. The van der Waals surface area contributed by atoms with Gasteiger partial charge in [0.1, 0.15) is 4.60 Å². The lowest BCUT2D eigenvalue weighted by Crippen LogP contribution is -2.39. The number of halogens is 1. The average Bonchev–Trinajstić information content (AvgIpc) is 2.15. The standard InChI is InChI=1S/C11H17BrN2O/c1-11(2,6-7-15)13-8-9-4-3-5-10(12)14-9/h3-5,13,15H,6-8H2,1-2H3. The molecule has 0 aliphatic rings. The molecule has 0 aliphatic carbocycles. The van der Waals surface area contributed by atoms with Crippen LogP contribution in [0, 0.1) is 0 Å². The fourth-order valence-corrected chi connectivity index (χ4v) is 1.63. The van der Waals surface area contributed by atoms with Gasteiger partial charge in [0.05, 0.1) is 5.69 Å². The summed E-state index contributed by atoms with van der Waals surface area (Å²) in [6.07, 6.45) is 0.737. The highest BCUT2D eigenvalue weighted by Crippen LogP contribution is 2.10. The van der Waals surface area contributed by atoms with Crippen molar-refractivity contribution in [2.24, 2.45) is 0 Å². The minimum absolute atomic E-state index is 0.0568. The fourth-order valence-electron chi connectivity index (χ4n) is 1.25. The Hall–Kier alpha value is -0.450. The summed E-state index contributed by atoms with van der Waals surface area (Å²) in [5, 5.41) is 12.2. The molecule has 0 fully saturated rings. The van der Waals surface area contributed by atoms with Gasteiger partial charge in [0.25, 0.3) is 0 Å². The molecule has 0 aromatic carbocycles. The second kappa shape index (κ2) is 5.58. The van der Waals surface area contributed by atoms with E-state index in [2.05, 4.69) is 40.1 Å². The highest BCUT2D eigenvalue weighted by atomic mass is 79.9. The summed E-state index contributed by atoms with van der Waals surface area (Å²) >= 11 is 3.33. The van der Waals surface area contributed by atoms with Crippen molar-refractivity contribution >= 4 is 15.9 Å². The van der Waals surface area contributed by atoms with Crippen LogP contribution in [0.4, 0.5) is 0 Å². The van der Waals surface area contributed by atoms with Crippen LogP contribution in [0.5, 0.6) is 0 Å². The highest BCUT2D eigenvalue weighted by molar-refractivity contribution is 9.10. The molecule has 1 aromatic rings. The summed E-state index contributed by atoms with van der Waals surface area (Å²) in [5.41, 5.74) is 0.939. The largest absolute Gasteiger partial charge is 0.396 e. The quantitative estimate of drug-likeness (QED) is 0.807. The van der Waals surface area contributed by atoms with Crippen LogP contribution in [0.3, 0.4) is 0 Å². The van der Waals surface area contributed by atoms with Crippen LogP contribution in [0.1, 0.15) is 26.0 Å². The number of nitrogens with one attached hydrogen (secondary N) is 1. The van der Waals surface area contributed by atoms with E-state index in [-0.39, 0.29) is 12.1 Å².